The Morgan fingerprint density at radius 2 is 1.74 bits per heavy atom. The Balaban J connectivity index is 1.58. The number of thioether (sulfide) groups is 2. The van der Waals surface area contributed by atoms with Crippen molar-refractivity contribution in [3.8, 4) is 5.75 Å². The van der Waals surface area contributed by atoms with Gasteiger partial charge < -0.3 is 15.0 Å². The van der Waals surface area contributed by atoms with Crippen LogP contribution >= 0.6 is 34.9 Å². The quantitative estimate of drug-likeness (QED) is 0.332. The minimum Gasteiger partial charge on any atom is -0.497 e. The number of primary amides is 1. The molecule has 0 aliphatic rings. The number of methoxy groups -OCH3 is 1. The number of rotatable bonds is 11. The third-order valence-electron chi connectivity index (χ3n) is 4.71. The number of aryl methyl sites for hydroxylation is 2. The van der Waals surface area contributed by atoms with Crippen LogP contribution in [0.4, 0.5) is 0 Å². The summed E-state index contributed by atoms with van der Waals surface area (Å²) < 4.78 is 8.77. The Labute approximate surface area is 193 Å². The van der Waals surface area contributed by atoms with Gasteiger partial charge in [-0.1, -0.05) is 47.0 Å². The van der Waals surface area contributed by atoms with Gasteiger partial charge in [-0.05, 0) is 44.0 Å². The Kier molecular flexibility index (Phi) is 8.16. The molecule has 3 aromatic rings. The van der Waals surface area contributed by atoms with E-state index in [0.717, 1.165) is 35.7 Å². The average molecular weight is 477 g/mol. The van der Waals surface area contributed by atoms with Crippen LogP contribution in [0.5, 0.6) is 5.75 Å². The molecule has 1 amide bonds. The second-order valence-electron chi connectivity index (χ2n) is 6.84. The molecule has 0 aliphatic heterocycles. The number of nitrogens with zero attached hydrogens (tertiary/aromatic N) is 3. The van der Waals surface area contributed by atoms with E-state index in [0.29, 0.717) is 8.68 Å². The summed E-state index contributed by atoms with van der Waals surface area (Å²) in [7, 11) is 1.66. The lowest BCUT2D eigenvalue weighted by atomic mass is 10.1. The van der Waals surface area contributed by atoms with Crippen molar-refractivity contribution in [2.75, 3.05) is 18.6 Å². The Bertz CT molecular complexity index is 1060. The standard InChI is InChI=1S/C21H24N4O3S3/c1-13-10-17(14(2)25(13)9-8-15-4-6-16(28-3)7-5-15)18(26)11-29-20-23-24-21(31-20)30-12-19(22)27/h4-7,10H,8-9,11-12H2,1-3H3,(H2,22,27). The van der Waals surface area contributed by atoms with Crippen molar-refractivity contribution in [1.29, 1.82) is 0 Å². The third-order valence-corrected chi connectivity index (χ3v) is 7.92. The number of hydrogen-bond donors (Lipinski definition) is 1. The highest BCUT2D eigenvalue weighted by atomic mass is 32.2. The molecule has 0 radical (unpaired) electrons. The number of amides is 1. The Morgan fingerprint density at radius 3 is 2.35 bits per heavy atom. The molecule has 2 aromatic heterocycles. The zero-order valence-corrected chi connectivity index (χ0v) is 20.0. The summed E-state index contributed by atoms with van der Waals surface area (Å²) in [5.74, 6) is 0.970. The van der Waals surface area contributed by atoms with E-state index in [9.17, 15) is 9.59 Å². The fraction of sp³-hybridized carbons (Fsp3) is 0.333. The van der Waals surface area contributed by atoms with Crippen molar-refractivity contribution in [3.63, 3.8) is 0 Å². The number of nitrogens with two attached hydrogens (primary N) is 1. The van der Waals surface area contributed by atoms with Gasteiger partial charge >= 0.3 is 0 Å². The number of ketones is 1. The third kappa shape index (κ3) is 6.34. The number of benzene rings is 1. The summed E-state index contributed by atoms with van der Waals surface area (Å²) >= 11 is 3.98. The first kappa shape index (κ1) is 23.4. The largest absolute Gasteiger partial charge is 0.497 e. The lowest BCUT2D eigenvalue weighted by Gasteiger charge is -2.10. The first-order chi connectivity index (χ1) is 14.9. The summed E-state index contributed by atoms with van der Waals surface area (Å²) in [4.78, 5) is 23.7. The maximum atomic E-state index is 12.8. The predicted molar refractivity (Wildman–Crippen MR) is 125 cm³/mol. The van der Waals surface area contributed by atoms with Gasteiger partial charge in [0.05, 0.1) is 18.6 Å². The number of aromatic nitrogens is 3. The summed E-state index contributed by atoms with van der Waals surface area (Å²) in [6.07, 6.45) is 0.874. The van der Waals surface area contributed by atoms with Gasteiger partial charge in [0.1, 0.15) is 5.75 Å². The van der Waals surface area contributed by atoms with E-state index in [4.69, 9.17) is 10.5 Å². The molecular weight excluding hydrogens is 452 g/mol. The van der Waals surface area contributed by atoms with Crippen molar-refractivity contribution in [2.24, 2.45) is 5.73 Å². The molecule has 0 bridgehead atoms. The van der Waals surface area contributed by atoms with Crippen LogP contribution in [-0.4, -0.2) is 45.1 Å². The smallest absolute Gasteiger partial charge is 0.227 e. The van der Waals surface area contributed by atoms with Gasteiger partial charge in [0.15, 0.2) is 14.5 Å². The van der Waals surface area contributed by atoms with E-state index in [1.165, 1.54) is 40.4 Å². The van der Waals surface area contributed by atoms with Gasteiger partial charge in [-0.25, -0.2) is 0 Å². The zero-order valence-electron chi connectivity index (χ0n) is 17.6. The number of ether oxygens (including phenoxy) is 1. The van der Waals surface area contributed by atoms with Crippen LogP contribution in [0.3, 0.4) is 0 Å². The summed E-state index contributed by atoms with van der Waals surface area (Å²) in [5, 5.41) is 8.09. The first-order valence-electron chi connectivity index (χ1n) is 9.57. The van der Waals surface area contributed by atoms with E-state index < -0.39 is 5.91 Å². The summed E-state index contributed by atoms with van der Waals surface area (Å²) in [6, 6.07) is 10.0. The number of carbonyl (C=O) groups is 2. The van der Waals surface area contributed by atoms with Crippen LogP contribution in [0, 0.1) is 13.8 Å². The van der Waals surface area contributed by atoms with Gasteiger partial charge in [-0.3, -0.25) is 9.59 Å². The van der Waals surface area contributed by atoms with Gasteiger partial charge in [-0.2, -0.15) is 0 Å². The molecule has 0 unspecified atom stereocenters. The monoisotopic (exact) mass is 476 g/mol. The maximum absolute atomic E-state index is 12.8. The minimum atomic E-state index is -0.396. The summed E-state index contributed by atoms with van der Waals surface area (Å²) in [5.41, 5.74) is 9.16. The van der Waals surface area contributed by atoms with Crippen LogP contribution in [0.2, 0.25) is 0 Å². The predicted octanol–water partition coefficient (Wildman–Crippen LogP) is 3.76. The van der Waals surface area contributed by atoms with Gasteiger partial charge in [0, 0.05) is 23.5 Å². The van der Waals surface area contributed by atoms with Gasteiger partial charge in [0.2, 0.25) is 5.91 Å². The second kappa shape index (κ2) is 10.8. The number of Topliss-reactive ketones (excluding diaryl/α,β-unsaturated/α-hetero) is 1. The highest BCUT2D eigenvalue weighted by Gasteiger charge is 2.17. The highest BCUT2D eigenvalue weighted by Crippen LogP contribution is 2.29. The molecule has 31 heavy (non-hydrogen) atoms. The fourth-order valence-electron chi connectivity index (χ4n) is 3.11. The van der Waals surface area contributed by atoms with Crippen LogP contribution < -0.4 is 10.5 Å². The Hall–Kier alpha value is -2.30. The fourth-order valence-corrected chi connectivity index (χ4v) is 5.75. The summed E-state index contributed by atoms with van der Waals surface area (Å²) in [6.45, 7) is 4.82. The van der Waals surface area contributed by atoms with E-state index in [1.54, 1.807) is 7.11 Å². The Morgan fingerprint density at radius 1 is 1.10 bits per heavy atom. The number of carbonyl (C=O) groups excluding carboxylic acids is 2. The van der Waals surface area contributed by atoms with E-state index in [1.807, 2.05) is 32.0 Å². The van der Waals surface area contributed by atoms with E-state index in [-0.39, 0.29) is 17.3 Å². The molecule has 7 nitrogen and oxygen atoms in total. The lowest BCUT2D eigenvalue weighted by molar-refractivity contribution is -0.115. The minimum absolute atomic E-state index is 0.0651. The van der Waals surface area contributed by atoms with Crippen molar-refractivity contribution < 1.29 is 14.3 Å². The van der Waals surface area contributed by atoms with E-state index in [2.05, 4.69) is 26.9 Å². The maximum Gasteiger partial charge on any atom is 0.227 e. The van der Waals surface area contributed by atoms with Crippen molar-refractivity contribution in [3.05, 3.63) is 52.8 Å². The molecular formula is C21H24N4O3S3. The van der Waals surface area contributed by atoms with Crippen LogP contribution in [-0.2, 0) is 17.8 Å². The molecule has 0 saturated carbocycles. The molecule has 0 aliphatic carbocycles. The molecule has 0 atom stereocenters. The molecule has 3 rings (SSSR count). The van der Waals surface area contributed by atoms with Gasteiger partial charge in [0.25, 0.3) is 0 Å². The SMILES string of the molecule is COc1ccc(CCn2c(C)cc(C(=O)CSc3nnc(SCC(N)=O)s3)c2C)cc1. The van der Waals surface area contributed by atoms with Crippen molar-refractivity contribution in [2.45, 2.75) is 35.5 Å². The topological polar surface area (TPSA) is 100 Å². The first-order valence-corrected chi connectivity index (χ1v) is 12.4. The molecule has 164 valence electrons. The highest BCUT2D eigenvalue weighted by molar-refractivity contribution is 8.03. The molecule has 1 aromatic carbocycles. The zero-order chi connectivity index (χ0) is 22.4. The second-order valence-corrected chi connectivity index (χ2v) is 10.3. The van der Waals surface area contributed by atoms with Gasteiger partial charge in [-0.15, -0.1) is 10.2 Å². The number of hydrogen-bond acceptors (Lipinski definition) is 8. The molecule has 2 N–H and O–H groups in total. The van der Waals surface area contributed by atoms with E-state index >= 15 is 0 Å². The van der Waals surface area contributed by atoms with Crippen molar-refractivity contribution >= 4 is 46.6 Å². The van der Waals surface area contributed by atoms with Crippen LogP contribution in [0.1, 0.15) is 27.3 Å². The molecule has 0 fully saturated rings. The molecule has 0 saturated heterocycles. The molecule has 2 heterocycles. The normalized spacial score (nSPS) is 10.9. The lowest BCUT2D eigenvalue weighted by Crippen LogP contribution is -2.12. The van der Waals surface area contributed by atoms with Crippen molar-refractivity contribution in [1.82, 2.24) is 14.8 Å². The van der Waals surface area contributed by atoms with Crippen LogP contribution in [0.15, 0.2) is 39.0 Å². The van der Waals surface area contributed by atoms with Crippen LogP contribution in [0.25, 0.3) is 0 Å². The molecule has 10 heteroatoms. The molecule has 0 spiro atoms. The average Bonchev–Trinajstić information content (AvgIpc) is 3.33.